The fourth-order valence-electron chi connectivity index (χ4n) is 7.61. The van der Waals surface area contributed by atoms with Crippen LogP contribution >= 0.6 is 0 Å². The molecule has 0 aromatic carbocycles. The van der Waals surface area contributed by atoms with Gasteiger partial charge in [0.15, 0.2) is 5.78 Å². The van der Waals surface area contributed by atoms with Gasteiger partial charge in [0.2, 0.25) is 0 Å². The third-order valence-electron chi connectivity index (χ3n) is 8.91. The number of rotatable bonds is 0. The first-order valence-electron chi connectivity index (χ1n) is 9.63. The summed E-state index contributed by atoms with van der Waals surface area (Å²) < 4.78 is 0. The maximum atomic E-state index is 12.0. The molecule has 5 aliphatic rings. The van der Waals surface area contributed by atoms with Gasteiger partial charge < -0.3 is 0 Å². The number of allylic oxidation sites excluding steroid dienone is 1. The summed E-state index contributed by atoms with van der Waals surface area (Å²) in [6, 6.07) is 2.64. The third-order valence-corrected chi connectivity index (χ3v) is 8.91. The van der Waals surface area contributed by atoms with Gasteiger partial charge in [0.1, 0.15) is 0 Å². The van der Waals surface area contributed by atoms with E-state index in [2.05, 4.69) is 19.9 Å². The summed E-state index contributed by atoms with van der Waals surface area (Å²) in [5.41, 5.74) is 2.08. The number of carbonyl (C=O) groups is 1. The van der Waals surface area contributed by atoms with Crippen molar-refractivity contribution in [3.05, 3.63) is 11.6 Å². The summed E-state index contributed by atoms with van der Waals surface area (Å²) in [5, 5.41) is 9.61. The van der Waals surface area contributed by atoms with Crippen molar-refractivity contribution in [3.8, 4) is 6.07 Å². The second kappa shape index (κ2) is 4.29. The van der Waals surface area contributed by atoms with Crippen LogP contribution in [0, 0.1) is 57.7 Å². The van der Waals surface area contributed by atoms with Gasteiger partial charge in [-0.3, -0.25) is 4.79 Å². The van der Waals surface area contributed by atoms with Crippen LogP contribution in [0.15, 0.2) is 11.6 Å². The number of fused-ring (bicyclic) bond motifs is 8. The lowest BCUT2D eigenvalue weighted by Crippen LogP contribution is -2.51. The Morgan fingerprint density at radius 3 is 2.78 bits per heavy atom. The largest absolute Gasteiger partial charge is 0.295 e. The van der Waals surface area contributed by atoms with E-state index in [1.807, 2.05) is 6.08 Å². The van der Waals surface area contributed by atoms with Gasteiger partial charge in [-0.05, 0) is 85.0 Å². The molecule has 0 bridgehead atoms. The van der Waals surface area contributed by atoms with Crippen molar-refractivity contribution < 1.29 is 4.79 Å². The van der Waals surface area contributed by atoms with Crippen molar-refractivity contribution in [3.63, 3.8) is 0 Å². The molecule has 122 valence electrons. The van der Waals surface area contributed by atoms with E-state index in [1.54, 1.807) is 0 Å². The van der Waals surface area contributed by atoms with Crippen LogP contribution in [-0.2, 0) is 4.79 Å². The Morgan fingerprint density at radius 2 is 2.00 bits per heavy atom. The second-order valence-electron chi connectivity index (χ2n) is 9.58. The van der Waals surface area contributed by atoms with E-state index in [1.165, 1.54) is 31.3 Å². The van der Waals surface area contributed by atoms with Gasteiger partial charge in [-0.2, -0.15) is 5.26 Å². The van der Waals surface area contributed by atoms with Crippen molar-refractivity contribution in [2.45, 2.75) is 58.8 Å². The van der Waals surface area contributed by atoms with Crippen LogP contribution in [0.2, 0.25) is 0 Å². The molecule has 0 aromatic rings. The Labute approximate surface area is 139 Å². The molecule has 0 radical (unpaired) electrons. The first-order chi connectivity index (χ1) is 11.0. The monoisotopic (exact) mass is 309 g/mol. The number of hydrogen-bond donors (Lipinski definition) is 0. The van der Waals surface area contributed by atoms with Crippen LogP contribution in [-0.4, -0.2) is 5.78 Å². The molecule has 2 heteroatoms. The van der Waals surface area contributed by atoms with Gasteiger partial charge in [0, 0.05) is 6.42 Å². The Kier molecular flexibility index (Phi) is 2.66. The first kappa shape index (κ1) is 14.3. The summed E-state index contributed by atoms with van der Waals surface area (Å²) in [7, 11) is 0. The van der Waals surface area contributed by atoms with Crippen LogP contribution in [0.1, 0.15) is 58.8 Å². The van der Waals surface area contributed by atoms with Crippen LogP contribution in [0.5, 0.6) is 0 Å². The Hall–Kier alpha value is -1.10. The Morgan fingerprint density at radius 1 is 1.17 bits per heavy atom. The molecular weight excluding hydrogens is 282 g/mol. The fraction of sp³-hybridized carbons (Fsp3) is 0.810. The van der Waals surface area contributed by atoms with E-state index in [4.69, 9.17) is 0 Å². The normalized spacial score (nSPS) is 56.6. The van der Waals surface area contributed by atoms with Crippen molar-refractivity contribution in [2.24, 2.45) is 46.3 Å². The zero-order valence-electron chi connectivity index (χ0n) is 14.3. The lowest BCUT2D eigenvalue weighted by Gasteiger charge is -2.57. The van der Waals surface area contributed by atoms with Crippen LogP contribution < -0.4 is 0 Å². The molecule has 0 aliphatic heterocycles. The van der Waals surface area contributed by atoms with Crippen LogP contribution in [0.25, 0.3) is 0 Å². The van der Waals surface area contributed by atoms with Gasteiger partial charge in [0.05, 0.1) is 12.0 Å². The average molecular weight is 309 g/mol. The summed E-state index contributed by atoms with van der Waals surface area (Å²) in [4.78, 5) is 12.0. The first-order valence-corrected chi connectivity index (χ1v) is 9.63. The quantitative estimate of drug-likeness (QED) is 0.660. The van der Waals surface area contributed by atoms with E-state index in [0.717, 1.165) is 42.9 Å². The van der Waals surface area contributed by atoms with E-state index in [-0.39, 0.29) is 16.7 Å². The number of carbonyl (C=O) groups excluding carboxylic acids is 1. The predicted octanol–water partition coefficient (Wildman–Crippen LogP) is 4.51. The number of hydrogen-bond acceptors (Lipinski definition) is 2. The van der Waals surface area contributed by atoms with Crippen molar-refractivity contribution >= 4 is 5.78 Å². The second-order valence-corrected chi connectivity index (χ2v) is 9.58. The highest BCUT2D eigenvalue weighted by Gasteiger charge is 2.67. The molecule has 4 saturated carbocycles. The lowest BCUT2D eigenvalue weighted by molar-refractivity contribution is -0.117. The molecule has 8 atom stereocenters. The van der Waals surface area contributed by atoms with Gasteiger partial charge >= 0.3 is 0 Å². The SMILES string of the molecule is CC12CCC(=O)C=C1C1CC1C1C2CCC2(C)C(C#N)CCC12. The molecule has 0 saturated heterocycles. The van der Waals surface area contributed by atoms with Gasteiger partial charge in [-0.15, -0.1) is 0 Å². The summed E-state index contributed by atoms with van der Waals surface area (Å²) >= 11 is 0. The van der Waals surface area contributed by atoms with Crippen LogP contribution in [0.4, 0.5) is 0 Å². The zero-order valence-corrected chi connectivity index (χ0v) is 14.3. The molecule has 4 fully saturated rings. The standard InChI is InChI=1S/C21H27NO/c1-20-8-6-17-19(16(20)4-3-12(20)11-22)15-10-14(15)18-9-13(23)5-7-21(17,18)2/h9,12,14-17,19H,3-8,10H2,1-2H3. The molecule has 2 nitrogen and oxygen atoms in total. The fourth-order valence-corrected chi connectivity index (χ4v) is 7.61. The van der Waals surface area contributed by atoms with E-state index >= 15 is 0 Å². The topological polar surface area (TPSA) is 40.9 Å². The molecule has 0 amide bonds. The molecule has 0 aromatic heterocycles. The maximum absolute atomic E-state index is 12.0. The van der Waals surface area contributed by atoms with Crippen molar-refractivity contribution in [2.75, 3.05) is 0 Å². The number of ketones is 1. The number of nitrogens with zero attached hydrogens (tertiary/aromatic N) is 1. The van der Waals surface area contributed by atoms with Gasteiger partial charge in [-0.25, -0.2) is 0 Å². The van der Waals surface area contributed by atoms with Crippen LogP contribution in [0.3, 0.4) is 0 Å². The Bertz CT molecular complexity index is 657. The minimum absolute atomic E-state index is 0.269. The van der Waals surface area contributed by atoms with E-state index < -0.39 is 0 Å². The Balaban J connectivity index is 1.57. The van der Waals surface area contributed by atoms with E-state index in [9.17, 15) is 10.1 Å². The van der Waals surface area contributed by atoms with Gasteiger partial charge in [-0.1, -0.05) is 19.4 Å². The molecule has 0 heterocycles. The summed E-state index contributed by atoms with van der Waals surface area (Å²) in [6.07, 6.45) is 10.1. The third kappa shape index (κ3) is 1.62. The maximum Gasteiger partial charge on any atom is 0.155 e. The van der Waals surface area contributed by atoms with Crippen molar-refractivity contribution in [1.29, 1.82) is 5.26 Å². The average Bonchev–Trinajstić information content (AvgIpc) is 3.24. The molecular formula is C21H27NO. The molecule has 5 rings (SSSR count). The molecule has 5 aliphatic carbocycles. The summed E-state index contributed by atoms with van der Waals surface area (Å²) in [5.74, 6) is 4.53. The molecule has 0 N–H and O–H groups in total. The minimum atomic E-state index is 0.269. The zero-order chi connectivity index (χ0) is 16.0. The smallest absolute Gasteiger partial charge is 0.155 e. The highest BCUT2D eigenvalue weighted by atomic mass is 16.1. The highest BCUT2D eigenvalue weighted by molar-refractivity contribution is 5.92. The summed E-state index contributed by atoms with van der Waals surface area (Å²) in [6.45, 7) is 4.89. The minimum Gasteiger partial charge on any atom is -0.295 e. The molecule has 23 heavy (non-hydrogen) atoms. The van der Waals surface area contributed by atoms with Crippen molar-refractivity contribution in [1.82, 2.24) is 0 Å². The number of nitriles is 1. The highest BCUT2D eigenvalue weighted by Crippen LogP contribution is 2.74. The predicted molar refractivity (Wildman–Crippen MR) is 88.2 cm³/mol. The molecule has 8 unspecified atom stereocenters. The van der Waals surface area contributed by atoms with E-state index in [0.29, 0.717) is 11.7 Å². The molecule has 0 spiro atoms. The van der Waals surface area contributed by atoms with Gasteiger partial charge in [0.25, 0.3) is 0 Å². The lowest BCUT2D eigenvalue weighted by atomic mass is 9.47.